The summed E-state index contributed by atoms with van der Waals surface area (Å²) in [6.07, 6.45) is 12.0. The van der Waals surface area contributed by atoms with Crippen molar-refractivity contribution in [2.24, 2.45) is 0 Å². The number of ketones is 1. The molecule has 0 bridgehead atoms. The molecule has 1 fully saturated rings. The van der Waals surface area contributed by atoms with Gasteiger partial charge < -0.3 is 4.74 Å². The monoisotopic (exact) mass is 236 g/mol. The average molecular weight is 236 g/mol. The van der Waals surface area contributed by atoms with Crippen LogP contribution in [-0.4, -0.2) is 18.0 Å². The van der Waals surface area contributed by atoms with Crippen LogP contribution in [0.3, 0.4) is 0 Å². The van der Waals surface area contributed by atoms with Crippen LogP contribution < -0.4 is 0 Å². The van der Waals surface area contributed by atoms with Crippen molar-refractivity contribution in [3.63, 3.8) is 0 Å². The lowest BCUT2D eigenvalue weighted by Crippen LogP contribution is -2.39. The maximum atomic E-state index is 12.7. The molecule has 17 heavy (non-hydrogen) atoms. The van der Waals surface area contributed by atoms with E-state index in [-0.39, 0.29) is 0 Å². The van der Waals surface area contributed by atoms with Crippen molar-refractivity contribution in [2.45, 2.75) is 70.3 Å². The molecule has 2 rings (SSSR count). The van der Waals surface area contributed by atoms with E-state index < -0.39 is 5.60 Å². The minimum atomic E-state index is -0.453. The topological polar surface area (TPSA) is 26.3 Å². The Hall–Kier alpha value is -0.630. The molecule has 96 valence electrons. The highest BCUT2D eigenvalue weighted by Gasteiger charge is 2.42. The zero-order valence-electron chi connectivity index (χ0n) is 11.0. The molecule has 0 aromatic carbocycles. The molecule has 0 radical (unpaired) electrons. The normalized spacial score (nSPS) is 24.2. The highest BCUT2D eigenvalue weighted by molar-refractivity contribution is 6.02. The molecule has 0 atom stereocenters. The lowest BCUT2D eigenvalue weighted by atomic mass is 9.88. The van der Waals surface area contributed by atoms with Crippen molar-refractivity contribution in [2.75, 3.05) is 6.61 Å². The Morgan fingerprint density at radius 2 is 2.00 bits per heavy atom. The van der Waals surface area contributed by atoms with Gasteiger partial charge in [0.2, 0.25) is 0 Å². The van der Waals surface area contributed by atoms with Gasteiger partial charge in [-0.2, -0.15) is 0 Å². The molecule has 2 aliphatic carbocycles. The van der Waals surface area contributed by atoms with E-state index in [1.165, 1.54) is 19.3 Å². The molecule has 0 heterocycles. The third-order valence-electron chi connectivity index (χ3n) is 4.08. The van der Waals surface area contributed by atoms with Gasteiger partial charge in [0.1, 0.15) is 5.60 Å². The minimum absolute atomic E-state index is 0.304. The van der Waals surface area contributed by atoms with E-state index in [9.17, 15) is 4.79 Å². The van der Waals surface area contributed by atoms with Gasteiger partial charge in [0.25, 0.3) is 0 Å². The van der Waals surface area contributed by atoms with Crippen LogP contribution in [0.2, 0.25) is 0 Å². The summed E-state index contributed by atoms with van der Waals surface area (Å²) in [6.45, 7) is 2.65. The minimum Gasteiger partial charge on any atom is -0.367 e. The first-order valence-electron chi connectivity index (χ1n) is 7.16. The van der Waals surface area contributed by atoms with Gasteiger partial charge in [-0.3, -0.25) is 4.79 Å². The SMILES string of the molecule is CCOC1(C(=O)C2=CCCCCC2)CCCC1. The first kappa shape index (κ1) is 12.8. The highest BCUT2D eigenvalue weighted by Crippen LogP contribution is 2.37. The van der Waals surface area contributed by atoms with Crippen molar-refractivity contribution in [3.05, 3.63) is 11.6 Å². The Morgan fingerprint density at radius 1 is 1.24 bits per heavy atom. The van der Waals surface area contributed by atoms with E-state index in [1.54, 1.807) is 0 Å². The van der Waals surface area contributed by atoms with Crippen LogP contribution in [0.4, 0.5) is 0 Å². The van der Waals surface area contributed by atoms with E-state index in [0.29, 0.717) is 12.4 Å². The number of hydrogen-bond donors (Lipinski definition) is 0. The summed E-state index contributed by atoms with van der Waals surface area (Å²) in [7, 11) is 0. The lowest BCUT2D eigenvalue weighted by molar-refractivity contribution is -0.139. The largest absolute Gasteiger partial charge is 0.367 e. The number of allylic oxidation sites excluding steroid dienone is 1. The fourth-order valence-corrected chi connectivity index (χ4v) is 3.17. The van der Waals surface area contributed by atoms with Gasteiger partial charge in [0, 0.05) is 6.61 Å². The number of carbonyl (C=O) groups is 1. The third kappa shape index (κ3) is 2.79. The van der Waals surface area contributed by atoms with Gasteiger partial charge in [-0.05, 0) is 63.9 Å². The Balaban J connectivity index is 2.12. The summed E-state index contributed by atoms with van der Waals surface area (Å²) in [5.41, 5.74) is 0.600. The predicted molar refractivity (Wildman–Crippen MR) is 69.0 cm³/mol. The van der Waals surface area contributed by atoms with Crippen LogP contribution in [0.5, 0.6) is 0 Å². The van der Waals surface area contributed by atoms with Crippen LogP contribution in [0.15, 0.2) is 11.6 Å². The fraction of sp³-hybridized carbons (Fsp3) is 0.800. The lowest BCUT2D eigenvalue weighted by Gasteiger charge is -2.28. The van der Waals surface area contributed by atoms with Crippen molar-refractivity contribution in [1.29, 1.82) is 0 Å². The zero-order chi connectivity index (χ0) is 12.1. The second kappa shape index (κ2) is 5.81. The Bertz CT molecular complexity index is 298. The van der Waals surface area contributed by atoms with Crippen LogP contribution in [0.25, 0.3) is 0 Å². The summed E-state index contributed by atoms with van der Waals surface area (Å²) in [6, 6.07) is 0. The highest BCUT2D eigenvalue weighted by atomic mass is 16.5. The molecule has 0 aliphatic heterocycles. The molecule has 0 saturated heterocycles. The number of ether oxygens (including phenoxy) is 1. The fourth-order valence-electron chi connectivity index (χ4n) is 3.17. The van der Waals surface area contributed by atoms with Crippen LogP contribution in [-0.2, 0) is 9.53 Å². The summed E-state index contributed by atoms with van der Waals surface area (Å²) in [5.74, 6) is 0.304. The van der Waals surface area contributed by atoms with Crippen molar-refractivity contribution in [3.8, 4) is 0 Å². The predicted octanol–water partition coefficient (Wildman–Crippen LogP) is 3.80. The first-order valence-corrected chi connectivity index (χ1v) is 7.16. The number of Topliss-reactive ketones (excluding diaryl/α,β-unsaturated/α-hetero) is 1. The first-order chi connectivity index (χ1) is 8.28. The standard InChI is InChI=1S/C15H24O2/c1-2-17-15(11-7-8-12-15)14(16)13-9-5-3-4-6-10-13/h9H,2-8,10-12H2,1H3. The average Bonchev–Trinajstić information content (AvgIpc) is 2.65. The van der Waals surface area contributed by atoms with Crippen LogP contribution in [0, 0.1) is 0 Å². The summed E-state index contributed by atoms with van der Waals surface area (Å²) in [5, 5.41) is 0. The number of hydrogen-bond acceptors (Lipinski definition) is 2. The number of carbonyl (C=O) groups excluding carboxylic acids is 1. The maximum absolute atomic E-state index is 12.7. The van der Waals surface area contributed by atoms with Crippen molar-refractivity contribution < 1.29 is 9.53 Å². The van der Waals surface area contributed by atoms with Gasteiger partial charge in [0.05, 0.1) is 0 Å². The third-order valence-corrected chi connectivity index (χ3v) is 4.08. The molecule has 0 spiro atoms. The van der Waals surface area contributed by atoms with Gasteiger partial charge >= 0.3 is 0 Å². The molecule has 0 N–H and O–H groups in total. The van der Waals surface area contributed by atoms with Crippen molar-refractivity contribution in [1.82, 2.24) is 0 Å². The van der Waals surface area contributed by atoms with Gasteiger partial charge in [0.15, 0.2) is 5.78 Å². The smallest absolute Gasteiger partial charge is 0.190 e. The van der Waals surface area contributed by atoms with Gasteiger partial charge in [-0.15, -0.1) is 0 Å². The van der Waals surface area contributed by atoms with E-state index in [1.807, 2.05) is 6.92 Å². The van der Waals surface area contributed by atoms with Crippen LogP contribution >= 0.6 is 0 Å². The second-order valence-electron chi connectivity index (χ2n) is 5.29. The molecule has 0 amide bonds. The Labute approximate surface area is 104 Å². The molecule has 0 aromatic heterocycles. The second-order valence-corrected chi connectivity index (χ2v) is 5.29. The molecule has 0 aromatic rings. The van der Waals surface area contributed by atoms with Gasteiger partial charge in [-0.25, -0.2) is 0 Å². The zero-order valence-corrected chi connectivity index (χ0v) is 11.0. The molecular formula is C15H24O2. The van der Waals surface area contributed by atoms with E-state index in [0.717, 1.165) is 44.1 Å². The van der Waals surface area contributed by atoms with E-state index in [4.69, 9.17) is 4.74 Å². The molecule has 2 aliphatic rings. The quantitative estimate of drug-likeness (QED) is 0.742. The van der Waals surface area contributed by atoms with E-state index in [2.05, 4.69) is 6.08 Å². The van der Waals surface area contributed by atoms with Crippen molar-refractivity contribution >= 4 is 5.78 Å². The number of rotatable bonds is 4. The summed E-state index contributed by atoms with van der Waals surface area (Å²) < 4.78 is 5.86. The summed E-state index contributed by atoms with van der Waals surface area (Å²) >= 11 is 0. The summed E-state index contributed by atoms with van der Waals surface area (Å²) in [4.78, 5) is 12.7. The maximum Gasteiger partial charge on any atom is 0.190 e. The molecule has 1 saturated carbocycles. The molecular weight excluding hydrogens is 212 g/mol. The van der Waals surface area contributed by atoms with E-state index >= 15 is 0 Å². The molecule has 2 heteroatoms. The Kier molecular flexibility index (Phi) is 4.38. The van der Waals surface area contributed by atoms with Crippen LogP contribution in [0.1, 0.15) is 64.7 Å². The molecule has 0 unspecified atom stereocenters. The Morgan fingerprint density at radius 3 is 2.71 bits per heavy atom. The molecule has 2 nitrogen and oxygen atoms in total. The van der Waals surface area contributed by atoms with Gasteiger partial charge in [-0.1, -0.05) is 12.5 Å².